The Balaban J connectivity index is 1.37. The third-order valence-electron chi connectivity index (χ3n) is 7.62. The highest BCUT2D eigenvalue weighted by molar-refractivity contribution is 6.04. The lowest BCUT2D eigenvalue weighted by atomic mass is 9.80. The number of rotatable bonds is 5. The summed E-state index contributed by atoms with van der Waals surface area (Å²) in [7, 11) is 0. The van der Waals surface area contributed by atoms with Gasteiger partial charge in [-0.2, -0.15) is 8.78 Å². The van der Waals surface area contributed by atoms with Gasteiger partial charge in [0, 0.05) is 16.8 Å². The van der Waals surface area contributed by atoms with E-state index in [-0.39, 0.29) is 17.2 Å². The predicted octanol–water partition coefficient (Wildman–Crippen LogP) is 5.31. The van der Waals surface area contributed by atoms with Crippen LogP contribution in [0.1, 0.15) is 53.6 Å². The SMILES string of the molecule is Cc1cc(NC(=O)c2ccc(F)c(C(F)(F)C(=O)NC34CC5CC(CC3C5)C4)c2)ccc1F. The first-order valence-corrected chi connectivity index (χ1v) is 11.2. The largest absolute Gasteiger partial charge is 0.352 e. The van der Waals surface area contributed by atoms with Crippen LogP contribution in [0.2, 0.25) is 0 Å². The van der Waals surface area contributed by atoms with Gasteiger partial charge in [0.15, 0.2) is 0 Å². The number of halogens is 4. The molecule has 2 amide bonds. The minimum Gasteiger partial charge on any atom is -0.345 e. The highest BCUT2D eigenvalue weighted by Crippen LogP contribution is 2.60. The normalized spacial score (nSPS) is 27.6. The van der Waals surface area contributed by atoms with Crippen molar-refractivity contribution in [2.75, 3.05) is 5.32 Å². The first-order valence-electron chi connectivity index (χ1n) is 11.2. The molecule has 8 heteroatoms. The summed E-state index contributed by atoms with van der Waals surface area (Å²) in [5.74, 6) is -7.05. The zero-order valence-electron chi connectivity index (χ0n) is 18.1. The van der Waals surface area contributed by atoms with Crippen molar-refractivity contribution in [2.24, 2.45) is 17.8 Å². The molecule has 4 bridgehead atoms. The number of aryl methyl sites for hydroxylation is 1. The molecule has 0 aromatic heterocycles. The maximum Gasteiger partial charge on any atom is 0.352 e. The molecule has 2 unspecified atom stereocenters. The molecule has 0 spiro atoms. The molecule has 4 nitrogen and oxygen atoms in total. The Morgan fingerprint density at radius 2 is 1.64 bits per heavy atom. The van der Waals surface area contributed by atoms with E-state index in [4.69, 9.17) is 0 Å². The third kappa shape index (κ3) is 3.69. The van der Waals surface area contributed by atoms with E-state index in [0.29, 0.717) is 36.3 Å². The van der Waals surface area contributed by atoms with Crippen molar-refractivity contribution >= 4 is 17.5 Å². The van der Waals surface area contributed by atoms with E-state index in [0.717, 1.165) is 31.4 Å². The summed E-state index contributed by atoms with van der Waals surface area (Å²) in [4.78, 5) is 25.3. The monoisotopic (exact) mass is 460 g/mol. The Labute approximate surface area is 188 Å². The zero-order valence-corrected chi connectivity index (χ0v) is 18.1. The Hall–Kier alpha value is -2.90. The van der Waals surface area contributed by atoms with Crippen LogP contribution in [0.25, 0.3) is 0 Å². The van der Waals surface area contributed by atoms with E-state index in [1.807, 2.05) is 0 Å². The van der Waals surface area contributed by atoms with Crippen LogP contribution in [0.4, 0.5) is 23.2 Å². The third-order valence-corrected chi connectivity index (χ3v) is 7.62. The van der Waals surface area contributed by atoms with Crippen molar-refractivity contribution in [3.63, 3.8) is 0 Å². The fraction of sp³-hybridized carbons (Fsp3) is 0.440. The Bertz CT molecular complexity index is 1140. The molecule has 4 aliphatic rings. The van der Waals surface area contributed by atoms with E-state index in [1.54, 1.807) is 0 Å². The standard InChI is InChI=1S/C25H24F4N2O2/c1-13-6-18(3-5-20(13)26)30-22(32)16-2-4-21(27)19(10-16)25(28,29)23(33)31-24-11-14-7-15(12-24)9-17(24)8-14/h2-6,10,14-15,17H,7-9,11-12H2,1H3,(H,30,32)(H,31,33). The number of amides is 2. The lowest BCUT2D eigenvalue weighted by molar-refractivity contribution is -0.150. The molecular weight excluding hydrogens is 436 g/mol. The molecule has 4 fully saturated rings. The quantitative estimate of drug-likeness (QED) is 0.594. The van der Waals surface area contributed by atoms with Gasteiger partial charge in [-0.25, -0.2) is 8.78 Å². The van der Waals surface area contributed by atoms with E-state index in [2.05, 4.69) is 10.6 Å². The second-order valence-corrected chi connectivity index (χ2v) is 9.84. The summed E-state index contributed by atoms with van der Waals surface area (Å²) < 4.78 is 58.2. The van der Waals surface area contributed by atoms with Crippen molar-refractivity contribution in [3.8, 4) is 0 Å². The van der Waals surface area contributed by atoms with Crippen LogP contribution in [-0.2, 0) is 10.7 Å². The minimum absolute atomic E-state index is 0.196. The molecule has 0 radical (unpaired) electrons. The number of anilines is 1. The van der Waals surface area contributed by atoms with Gasteiger partial charge in [0.2, 0.25) is 0 Å². The van der Waals surface area contributed by atoms with Crippen LogP contribution in [0.5, 0.6) is 0 Å². The number of hydrogen-bond donors (Lipinski definition) is 2. The lowest BCUT2D eigenvalue weighted by Crippen LogP contribution is -2.54. The maximum atomic E-state index is 15.2. The summed E-state index contributed by atoms with van der Waals surface area (Å²) in [6.45, 7) is 1.52. The number of carbonyl (C=O) groups excluding carboxylic acids is 2. The number of alkyl halides is 2. The van der Waals surface area contributed by atoms with Crippen LogP contribution in [0.15, 0.2) is 36.4 Å². The van der Waals surface area contributed by atoms with Gasteiger partial charge in [0.25, 0.3) is 11.8 Å². The maximum absolute atomic E-state index is 15.2. The van der Waals surface area contributed by atoms with E-state index in [9.17, 15) is 18.4 Å². The molecule has 0 saturated heterocycles. The number of benzene rings is 2. The summed E-state index contributed by atoms with van der Waals surface area (Å²) >= 11 is 0. The first-order chi connectivity index (χ1) is 15.6. The lowest BCUT2D eigenvalue weighted by Gasteiger charge is -2.35. The van der Waals surface area contributed by atoms with Gasteiger partial charge in [-0.05, 0) is 98.7 Å². The Kier molecular flexibility index (Phi) is 5.03. The van der Waals surface area contributed by atoms with Gasteiger partial charge in [0.05, 0.1) is 5.56 Å². The average molecular weight is 460 g/mol. The van der Waals surface area contributed by atoms with Gasteiger partial charge in [-0.1, -0.05) is 0 Å². The summed E-state index contributed by atoms with van der Waals surface area (Å²) in [6, 6.07) is 6.41. The summed E-state index contributed by atoms with van der Waals surface area (Å²) in [6.07, 6.45) is 4.35. The van der Waals surface area contributed by atoms with Crippen molar-refractivity contribution in [2.45, 2.75) is 50.5 Å². The van der Waals surface area contributed by atoms with Crippen LogP contribution in [0, 0.1) is 36.3 Å². The fourth-order valence-corrected chi connectivity index (χ4v) is 6.26. The summed E-state index contributed by atoms with van der Waals surface area (Å²) in [5.41, 5.74) is -1.44. The molecule has 4 saturated carbocycles. The second-order valence-electron chi connectivity index (χ2n) is 9.84. The number of carbonyl (C=O) groups is 2. The van der Waals surface area contributed by atoms with Crippen molar-refractivity contribution in [1.82, 2.24) is 5.32 Å². The first kappa shape index (κ1) is 21.9. The topological polar surface area (TPSA) is 58.2 Å². The van der Waals surface area contributed by atoms with Gasteiger partial charge >= 0.3 is 5.92 Å². The Morgan fingerprint density at radius 1 is 0.970 bits per heavy atom. The molecule has 2 aromatic rings. The molecule has 2 atom stereocenters. The molecular formula is C25H24F4N2O2. The molecule has 2 aromatic carbocycles. The average Bonchev–Trinajstić information content (AvgIpc) is 3.13. The van der Waals surface area contributed by atoms with Crippen molar-refractivity contribution < 1.29 is 27.2 Å². The van der Waals surface area contributed by atoms with E-state index < -0.39 is 40.5 Å². The zero-order chi connectivity index (χ0) is 23.5. The number of nitrogens with one attached hydrogen (secondary N) is 2. The van der Waals surface area contributed by atoms with Gasteiger partial charge in [-0.3, -0.25) is 9.59 Å². The Morgan fingerprint density at radius 3 is 2.30 bits per heavy atom. The predicted molar refractivity (Wildman–Crippen MR) is 114 cm³/mol. The molecule has 0 heterocycles. The highest BCUT2D eigenvalue weighted by atomic mass is 19.3. The van der Waals surface area contributed by atoms with Gasteiger partial charge in [-0.15, -0.1) is 0 Å². The van der Waals surface area contributed by atoms with Crippen LogP contribution < -0.4 is 10.6 Å². The van der Waals surface area contributed by atoms with E-state index in [1.165, 1.54) is 25.1 Å². The molecule has 0 aliphatic heterocycles. The van der Waals surface area contributed by atoms with Crippen molar-refractivity contribution in [3.05, 3.63) is 64.7 Å². The van der Waals surface area contributed by atoms with Gasteiger partial charge < -0.3 is 10.6 Å². The smallest absolute Gasteiger partial charge is 0.345 e. The minimum atomic E-state index is -4.14. The second kappa shape index (κ2) is 7.57. The highest BCUT2D eigenvalue weighted by Gasteiger charge is 2.60. The van der Waals surface area contributed by atoms with E-state index >= 15 is 8.78 Å². The fourth-order valence-electron chi connectivity index (χ4n) is 6.26. The molecule has 33 heavy (non-hydrogen) atoms. The van der Waals surface area contributed by atoms with Crippen LogP contribution in [0.3, 0.4) is 0 Å². The van der Waals surface area contributed by atoms with Crippen molar-refractivity contribution in [1.29, 1.82) is 0 Å². The molecule has 174 valence electrons. The van der Waals surface area contributed by atoms with Gasteiger partial charge in [0.1, 0.15) is 11.6 Å². The number of hydrogen-bond acceptors (Lipinski definition) is 2. The van der Waals surface area contributed by atoms with Crippen LogP contribution >= 0.6 is 0 Å². The summed E-state index contributed by atoms with van der Waals surface area (Å²) in [5, 5.41) is 5.07. The molecule has 2 N–H and O–H groups in total. The molecule has 6 rings (SSSR count). The van der Waals surface area contributed by atoms with Crippen LogP contribution in [-0.4, -0.2) is 17.4 Å². The molecule has 4 aliphatic carbocycles.